The molecule has 2 rings (SSSR count). The summed E-state index contributed by atoms with van der Waals surface area (Å²) in [5.41, 5.74) is 2.21. The van der Waals surface area contributed by atoms with Gasteiger partial charge in [-0.25, -0.2) is 0 Å². The molecule has 0 unspecified atom stereocenters. The molecule has 2 aromatic carbocycles. The molecule has 0 fully saturated rings. The van der Waals surface area contributed by atoms with Crippen molar-refractivity contribution < 1.29 is 4.92 Å². The van der Waals surface area contributed by atoms with Crippen molar-refractivity contribution in [1.29, 1.82) is 0 Å². The molecule has 0 spiro atoms. The van der Waals surface area contributed by atoms with Crippen LogP contribution < -0.4 is 0 Å². The molecule has 0 heterocycles. The smallest absolute Gasteiger partial charge is 0.219 e. The second-order valence-corrected chi connectivity index (χ2v) is 6.15. The van der Waals surface area contributed by atoms with Gasteiger partial charge in [0.15, 0.2) is 0 Å². The number of thioether (sulfide) groups is 1. The Bertz CT molecular complexity index is 545. The van der Waals surface area contributed by atoms with Crippen molar-refractivity contribution in [2.45, 2.75) is 17.4 Å². The molecule has 0 saturated carbocycles. The standard InChI is InChI=1S/C16H17NO2S/c1-13(14-8-4-2-5-9-14)20-16(12-17(18)19)15-10-6-3-7-11-15/h2-11,13,16H,12H2,1H3/t13-,16+/m1/s1. The van der Waals surface area contributed by atoms with Gasteiger partial charge in [-0.15, -0.1) is 11.8 Å². The lowest BCUT2D eigenvalue weighted by Crippen LogP contribution is -2.11. The van der Waals surface area contributed by atoms with Crippen LogP contribution in [0, 0.1) is 10.1 Å². The van der Waals surface area contributed by atoms with Gasteiger partial charge in [-0.1, -0.05) is 60.7 Å². The minimum absolute atomic E-state index is 0.0497. The fraction of sp³-hybridized carbons (Fsp3) is 0.250. The summed E-state index contributed by atoms with van der Waals surface area (Å²) in [6.45, 7) is 2.04. The molecule has 0 radical (unpaired) electrons. The Morgan fingerprint density at radius 3 is 2.00 bits per heavy atom. The van der Waals surface area contributed by atoms with Crippen LogP contribution in [0.4, 0.5) is 0 Å². The lowest BCUT2D eigenvalue weighted by atomic mass is 10.1. The van der Waals surface area contributed by atoms with E-state index >= 15 is 0 Å². The Hall–Kier alpha value is -1.81. The van der Waals surface area contributed by atoms with Gasteiger partial charge < -0.3 is 0 Å². The normalized spacial score (nSPS) is 13.7. The molecule has 0 amide bonds. The van der Waals surface area contributed by atoms with Crippen LogP contribution in [0.5, 0.6) is 0 Å². The van der Waals surface area contributed by atoms with Crippen LogP contribution >= 0.6 is 11.8 Å². The van der Waals surface area contributed by atoms with Crippen molar-refractivity contribution in [3.8, 4) is 0 Å². The fourth-order valence-corrected chi connectivity index (χ4v) is 3.41. The summed E-state index contributed by atoms with van der Waals surface area (Å²) in [5.74, 6) is 0. The Balaban J connectivity index is 2.14. The van der Waals surface area contributed by atoms with E-state index in [0.717, 1.165) is 5.56 Å². The summed E-state index contributed by atoms with van der Waals surface area (Å²) in [6, 6.07) is 19.8. The Kier molecular flexibility index (Phi) is 5.18. The molecule has 4 heteroatoms. The second kappa shape index (κ2) is 7.10. The molecule has 2 atom stereocenters. The highest BCUT2D eigenvalue weighted by Gasteiger charge is 2.21. The van der Waals surface area contributed by atoms with E-state index < -0.39 is 0 Å². The van der Waals surface area contributed by atoms with Gasteiger partial charge in [-0.2, -0.15) is 0 Å². The molecule has 0 bridgehead atoms. The average molecular weight is 287 g/mol. The molecule has 3 nitrogen and oxygen atoms in total. The predicted molar refractivity (Wildman–Crippen MR) is 83.5 cm³/mol. The maximum Gasteiger partial charge on any atom is 0.219 e. The van der Waals surface area contributed by atoms with Gasteiger partial charge in [-0.05, 0) is 18.1 Å². The van der Waals surface area contributed by atoms with Crippen molar-refractivity contribution in [3.63, 3.8) is 0 Å². The van der Waals surface area contributed by atoms with E-state index in [-0.39, 0.29) is 22.0 Å². The van der Waals surface area contributed by atoms with Gasteiger partial charge >= 0.3 is 0 Å². The van der Waals surface area contributed by atoms with Crippen LogP contribution in [0.1, 0.15) is 28.6 Å². The number of nitro groups is 1. The molecule has 0 aliphatic heterocycles. The third kappa shape index (κ3) is 4.10. The minimum atomic E-state index is -0.234. The quantitative estimate of drug-likeness (QED) is 0.580. The molecular formula is C16H17NO2S. The molecule has 20 heavy (non-hydrogen) atoms. The van der Waals surface area contributed by atoms with Crippen molar-refractivity contribution >= 4 is 11.8 Å². The number of benzene rings is 2. The zero-order valence-electron chi connectivity index (χ0n) is 11.3. The maximum absolute atomic E-state index is 10.9. The van der Waals surface area contributed by atoms with Gasteiger partial charge in [0.25, 0.3) is 0 Å². The van der Waals surface area contributed by atoms with Crippen LogP contribution in [0.25, 0.3) is 0 Å². The van der Waals surface area contributed by atoms with E-state index in [1.807, 2.05) is 48.5 Å². The van der Waals surface area contributed by atoms with Crippen molar-refractivity contribution in [1.82, 2.24) is 0 Å². The molecule has 0 saturated heterocycles. The van der Waals surface area contributed by atoms with Gasteiger partial charge in [0.2, 0.25) is 6.54 Å². The van der Waals surface area contributed by atoms with E-state index in [4.69, 9.17) is 0 Å². The molecule has 104 valence electrons. The highest BCUT2D eigenvalue weighted by Crippen LogP contribution is 2.40. The topological polar surface area (TPSA) is 43.1 Å². The number of hydrogen-bond donors (Lipinski definition) is 0. The largest absolute Gasteiger partial charge is 0.264 e. The number of rotatable bonds is 6. The van der Waals surface area contributed by atoms with Crippen LogP contribution in [0.15, 0.2) is 60.7 Å². The Morgan fingerprint density at radius 2 is 1.50 bits per heavy atom. The lowest BCUT2D eigenvalue weighted by Gasteiger charge is -2.18. The first-order chi connectivity index (χ1) is 9.66. The minimum Gasteiger partial charge on any atom is -0.264 e. The van der Waals surface area contributed by atoms with Gasteiger partial charge in [-0.3, -0.25) is 10.1 Å². The van der Waals surface area contributed by atoms with Crippen LogP contribution in [-0.2, 0) is 0 Å². The van der Waals surface area contributed by atoms with Gasteiger partial charge in [0, 0.05) is 10.2 Å². The highest BCUT2D eigenvalue weighted by molar-refractivity contribution is 7.99. The fourth-order valence-electron chi connectivity index (χ4n) is 2.08. The Morgan fingerprint density at radius 1 is 1.00 bits per heavy atom. The maximum atomic E-state index is 10.9. The monoisotopic (exact) mass is 287 g/mol. The summed E-state index contributed by atoms with van der Waals surface area (Å²) in [5, 5.41) is 11.0. The summed E-state index contributed by atoms with van der Waals surface area (Å²) >= 11 is 1.64. The van der Waals surface area contributed by atoms with Crippen molar-refractivity contribution in [3.05, 3.63) is 81.9 Å². The summed E-state index contributed by atoms with van der Waals surface area (Å²) in [7, 11) is 0. The molecule has 0 aliphatic carbocycles. The van der Waals surface area contributed by atoms with Gasteiger partial charge in [0.05, 0.1) is 5.25 Å². The van der Waals surface area contributed by atoms with Crippen LogP contribution in [0.3, 0.4) is 0 Å². The summed E-state index contributed by atoms with van der Waals surface area (Å²) in [6.07, 6.45) is 0. The molecular weight excluding hydrogens is 270 g/mol. The molecule has 0 aromatic heterocycles. The lowest BCUT2D eigenvalue weighted by molar-refractivity contribution is -0.479. The third-order valence-corrected chi connectivity index (χ3v) is 4.55. The molecule has 0 aliphatic rings. The summed E-state index contributed by atoms with van der Waals surface area (Å²) < 4.78 is 0. The number of nitrogens with zero attached hydrogens (tertiary/aromatic N) is 1. The zero-order chi connectivity index (χ0) is 14.4. The van der Waals surface area contributed by atoms with Crippen LogP contribution in [-0.4, -0.2) is 11.5 Å². The molecule has 0 N–H and O–H groups in total. The SMILES string of the molecule is C[C@@H](S[C@@H](C[N+](=O)[O-])c1ccccc1)c1ccccc1. The molecule has 2 aromatic rings. The second-order valence-electron chi connectivity index (χ2n) is 4.60. The first-order valence-corrected chi connectivity index (χ1v) is 7.48. The summed E-state index contributed by atoms with van der Waals surface area (Å²) in [4.78, 5) is 10.7. The van der Waals surface area contributed by atoms with E-state index in [9.17, 15) is 10.1 Å². The van der Waals surface area contributed by atoms with E-state index in [2.05, 4.69) is 19.1 Å². The first kappa shape index (κ1) is 14.6. The van der Waals surface area contributed by atoms with Gasteiger partial charge in [0.1, 0.15) is 0 Å². The van der Waals surface area contributed by atoms with Crippen LogP contribution in [0.2, 0.25) is 0 Å². The van der Waals surface area contributed by atoms with E-state index in [1.54, 1.807) is 11.8 Å². The van der Waals surface area contributed by atoms with Crippen molar-refractivity contribution in [2.75, 3.05) is 6.54 Å². The predicted octanol–water partition coefficient (Wildman–Crippen LogP) is 4.50. The Labute approximate surface area is 123 Å². The van der Waals surface area contributed by atoms with Crippen molar-refractivity contribution in [2.24, 2.45) is 0 Å². The zero-order valence-corrected chi connectivity index (χ0v) is 12.1. The highest BCUT2D eigenvalue weighted by atomic mass is 32.2. The first-order valence-electron chi connectivity index (χ1n) is 6.54. The number of hydrogen-bond acceptors (Lipinski definition) is 3. The third-order valence-electron chi connectivity index (χ3n) is 3.12. The average Bonchev–Trinajstić information content (AvgIpc) is 2.48. The van der Waals surface area contributed by atoms with E-state index in [1.165, 1.54) is 5.56 Å². The van der Waals surface area contributed by atoms with E-state index in [0.29, 0.717) is 0 Å².